The van der Waals surface area contributed by atoms with Crippen molar-refractivity contribution in [1.29, 1.82) is 0 Å². The molecule has 6 nitrogen and oxygen atoms in total. The number of morpholine rings is 1. The number of nitrogens with zero attached hydrogens (tertiary/aromatic N) is 2. The monoisotopic (exact) mass is 380 g/mol. The lowest BCUT2D eigenvalue weighted by Gasteiger charge is -2.35. The highest BCUT2D eigenvalue weighted by atomic mass is 32.2. The molecular weight excluding hydrogens is 352 g/mol. The minimum Gasteiger partial charge on any atom is -0.372 e. The molecule has 2 aliphatic rings. The largest absolute Gasteiger partial charge is 0.372 e. The molecule has 0 N–H and O–H groups in total. The van der Waals surface area contributed by atoms with Gasteiger partial charge in [0.2, 0.25) is 10.0 Å². The SMILES string of the molecule is CC1CN(C(=O)c2ccc(S(=O)(=O)N3CCCCCC3)cc2)CC(C)O1. The number of hydrogen-bond acceptors (Lipinski definition) is 4. The van der Waals surface area contributed by atoms with E-state index in [9.17, 15) is 13.2 Å². The molecule has 1 aromatic rings. The Hall–Kier alpha value is -1.44. The molecule has 2 aliphatic heterocycles. The number of carbonyl (C=O) groups is 1. The molecule has 144 valence electrons. The zero-order chi connectivity index (χ0) is 18.7. The molecule has 2 fully saturated rings. The highest BCUT2D eigenvalue weighted by molar-refractivity contribution is 7.89. The lowest BCUT2D eigenvalue weighted by molar-refractivity contribution is -0.0586. The molecule has 3 rings (SSSR count). The van der Waals surface area contributed by atoms with Gasteiger partial charge in [-0.1, -0.05) is 12.8 Å². The topological polar surface area (TPSA) is 66.9 Å². The Labute approximate surface area is 156 Å². The summed E-state index contributed by atoms with van der Waals surface area (Å²) in [6.45, 7) is 6.16. The van der Waals surface area contributed by atoms with Gasteiger partial charge in [-0.3, -0.25) is 4.79 Å². The van der Waals surface area contributed by atoms with Crippen LogP contribution in [0.2, 0.25) is 0 Å². The van der Waals surface area contributed by atoms with E-state index in [1.807, 2.05) is 13.8 Å². The van der Waals surface area contributed by atoms with Crippen LogP contribution in [0.25, 0.3) is 0 Å². The van der Waals surface area contributed by atoms with Crippen molar-refractivity contribution in [3.05, 3.63) is 29.8 Å². The summed E-state index contributed by atoms with van der Waals surface area (Å²) in [6, 6.07) is 6.36. The number of sulfonamides is 1. The van der Waals surface area contributed by atoms with Crippen molar-refractivity contribution in [1.82, 2.24) is 9.21 Å². The van der Waals surface area contributed by atoms with E-state index in [2.05, 4.69) is 0 Å². The van der Waals surface area contributed by atoms with Crippen LogP contribution in [0.5, 0.6) is 0 Å². The zero-order valence-corrected chi connectivity index (χ0v) is 16.4. The van der Waals surface area contributed by atoms with Gasteiger partial charge in [0.15, 0.2) is 0 Å². The second-order valence-electron chi connectivity index (χ2n) is 7.31. The third kappa shape index (κ3) is 4.27. The van der Waals surface area contributed by atoms with Crippen LogP contribution >= 0.6 is 0 Å². The van der Waals surface area contributed by atoms with Crippen molar-refractivity contribution in [2.75, 3.05) is 26.2 Å². The first-order valence-corrected chi connectivity index (χ1v) is 10.9. The highest BCUT2D eigenvalue weighted by Gasteiger charge is 2.28. The fraction of sp³-hybridized carbons (Fsp3) is 0.632. The molecule has 2 heterocycles. The van der Waals surface area contributed by atoms with Gasteiger partial charge in [0.25, 0.3) is 5.91 Å². The molecule has 2 saturated heterocycles. The quantitative estimate of drug-likeness (QED) is 0.808. The minimum absolute atomic E-state index is 0.00499. The smallest absolute Gasteiger partial charge is 0.254 e. The lowest BCUT2D eigenvalue weighted by atomic mass is 10.1. The predicted molar refractivity (Wildman–Crippen MR) is 99.6 cm³/mol. The van der Waals surface area contributed by atoms with Crippen molar-refractivity contribution >= 4 is 15.9 Å². The van der Waals surface area contributed by atoms with Crippen molar-refractivity contribution in [3.63, 3.8) is 0 Å². The highest BCUT2D eigenvalue weighted by Crippen LogP contribution is 2.21. The standard InChI is InChI=1S/C19H28N2O4S/c1-15-13-20(14-16(2)25-15)19(22)17-7-9-18(10-8-17)26(23,24)21-11-5-3-4-6-12-21/h7-10,15-16H,3-6,11-14H2,1-2H3. The summed E-state index contributed by atoms with van der Waals surface area (Å²) in [6.07, 6.45) is 3.98. The number of ether oxygens (including phenoxy) is 1. The third-order valence-corrected chi connectivity index (χ3v) is 6.92. The van der Waals surface area contributed by atoms with Crippen LogP contribution < -0.4 is 0 Å². The van der Waals surface area contributed by atoms with Gasteiger partial charge in [0, 0.05) is 31.7 Å². The van der Waals surface area contributed by atoms with E-state index in [1.54, 1.807) is 33.5 Å². The Morgan fingerprint density at radius 2 is 1.50 bits per heavy atom. The summed E-state index contributed by atoms with van der Waals surface area (Å²) >= 11 is 0. The van der Waals surface area contributed by atoms with Gasteiger partial charge in [-0.05, 0) is 51.0 Å². The molecule has 0 saturated carbocycles. The van der Waals surface area contributed by atoms with Crippen LogP contribution in [-0.2, 0) is 14.8 Å². The zero-order valence-electron chi connectivity index (χ0n) is 15.6. The number of benzene rings is 1. The summed E-state index contributed by atoms with van der Waals surface area (Å²) in [7, 11) is -3.48. The van der Waals surface area contributed by atoms with Gasteiger partial charge in [0.1, 0.15) is 0 Å². The summed E-state index contributed by atoms with van der Waals surface area (Å²) in [5, 5.41) is 0. The van der Waals surface area contributed by atoms with Crippen LogP contribution in [0.4, 0.5) is 0 Å². The van der Waals surface area contributed by atoms with E-state index in [4.69, 9.17) is 4.74 Å². The van der Waals surface area contributed by atoms with Crippen LogP contribution in [0.1, 0.15) is 49.9 Å². The fourth-order valence-electron chi connectivity index (χ4n) is 3.73. The van der Waals surface area contributed by atoms with Crippen molar-refractivity contribution in [3.8, 4) is 0 Å². The van der Waals surface area contributed by atoms with Gasteiger partial charge in [-0.15, -0.1) is 0 Å². The Balaban J connectivity index is 1.74. The predicted octanol–water partition coefficient (Wildman–Crippen LogP) is 2.50. The molecule has 0 bridgehead atoms. The second kappa shape index (κ2) is 8.06. The maximum Gasteiger partial charge on any atom is 0.254 e. The first kappa shape index (κ1) is 19.3. The second-order valence-corrected chi connectivity index (χ2v) is 9.25. The maximum absolute atomic E-state index is 12.8. The van der Waals surface area contributed by atoms with Crippen molar-refractivity contribution < 1.29 is 17.9 Å². The molecule has 2 atom stereocenters. The Kier molecular flexibility index (Phi) is 5.99. The van der Waals surface area contributed by atoms with Crippen LogP contribution in [0.15, 0.2) is 29.2 Å². The van der Waals surface area contributed by atoms with E-state index >= 15 is 0 Å². The maximum atomic E-state index is 12.8. The van der Waals surface area contributed by atoms with Gasteiger partial charge < -0.3 is 9.64 Å². The van der Waals surface area contributed by atoms with E-state index in [0.29, 0.717) is 31.7 Å². The number of hydrogen-bond donors (Lipinski definition) is 0. The van der Waals surface area contributed by atoms with Crippen LogP contribution in [0, 0.1) is 0 Å². The average Bonchev–Trinajstić information content (AvgIpc) is 2.90. The molecule has 26 heavy (non-hydrogen) atoms. The summed E-state index contributed by atoms with van der Waals surface area (Å²) in [4.78, 5) is 14.7. The van der Waals surface area contributed by atoms with Crippen molar-refractivity contribution in [2.24, 2.45) is 0 Å². The summed E-state index contributed by atoms with van der Waals surface area (Å²) in [5.41, 5.74) is 0.515. The molecular formula is C19H28N2O4S. The number of carbonyl (C=O) groups excluding carboxylic acids is 1. The minimum atomic E-state index is -3.48. The van der Waals surface area contributed by atoms with E-state index < -0.39 is 10.0 Å². The van der Waals surface area contributed by atoms with Gasteiger partial charge in [0.05, 0.1) is 17.1 Å². The van der Waals surface area contributed by atoms with Crippen molar-refractivity contribution in [2.45, 2.75) is 56.6 Å². The molecule has 7 heteroatoms. The molecule has 0 aromatic heterocycles. The number of rotatable bonds is 3. The number of amides is 1. The van der Waals surface area contributed by atoms with Crippen LogP contribution in [-0.4, -0.2) is 61.9 Å². The van der Waals surface area contributed by atoms with E-state index in [1.165, 1.54) is 0 Å². The Morgan fingerprint density at radius 3 is 2.04 bits per heavy atom. The van der Waals surface area contributed by atoms with Crippen LogP contribution in [0.3, 0.4) is 0 Å². The van der Waals surface area contributed by atoms with Gasteiger partial charge >= 0.3 is 0 Å². The van der Waals surface area contributed by atoms with Gasteiger partial charge in [-0.2, -0.15) is 4.31 Å². The first-order chi connectivity index (χ1) is 12.4. The Bertz CT molecular complexity index is 714. The van der Waals surface area contributed by atoms with Gasteiger partial charge in [-0.25, -0.2) is 8.42 Å². The molecule has 2 unspecified atom stereocenters. The lowest BCUT2D eigenvalue weighted by Crippen LogP contribution is -2.48. The summed E-state index contributed by atoms with van der Waals surface area (Å²) < 4.78 is 32.9. The average molecular weight is 381 g/mol. The molecule has 1 amide bonds. The van der Waals surface area contributed by atoms with E-state index in [0.717, 1.165) is 25.7 Å². The molecule has 0 spiro atoms. The molecule has 0 radical (unpaired) electrons. The third-order valence-electron chi connectivity index (χ3n) is 5.01. The normalized spacial score (nSPS) is 25.7. The van der Waals surface area contributed by atoms with E-state index in [-0.39, 0.29) is 23.0 Å². The molecule has 1 aromatic carbocycles. The first-order valence-electron chi connectivity index (χ1n) is 9.43. The molecule has 0 aliphatic carbocycles. The summed E-state index contributed by atoms with van der Waals surface area (Å²) in [5.74, 6) is -0.0780. The Morgan fingerprint density at radius 1 is 0.962 bits per heavy atom. The fourth-order valence-corrected chi connectivity index (χ4v) is 5.24.